The smallest absolute Gasteiger partial charge is 0.206 e. The van der Waals surface area contributed by atoms with Crippen LogP contribution in [-0.2, 0) is 6.54 Å². The molecule has 0 saturated carbocycles. The Morgan fingerprint density at radius 2 is 2.53 bits per heavy atom. The molecule has 0 atom stereocenters. The molecule has 6 heteroatoms. The van der Waals surface area contributed by atoms with E-state index in [1.807, 2.05) is 0 Å². The molecule has 84 valence electrons. The normalized spacial score (nSPS) is 11.5. The lowest BCUT2D eigenvalue weighted by Crippen LogP contribution is -2.41. The highest BCUT2D eigenvalue weighted by Crippen LogP contribution is 1.95. The van der Waals surface area contributed by atoms with Crippen LogP contribution in [0, 0.1) is 0 Å². The lowest BCUT2D eigenvalue weighted by Gasteiger charge is -2.07. The fraction of sp³-hybridized carbons (Fsp3) is 0.556. The second kappa shape index (κ2) is 6.83. The maximum atomic E-state index is 5.31. The standard InChI is InChI=1S/C9H17N5O/c1-2-3-5-11-9(13-10)12-7-8-4-6-15-14-8/h4,6H,2-3,5,7,10H2,1H3,(H2,11,12,13). The Balaban J connectivity index is 2.33. The Morgan fingerprint density at radius 1 is 1.67 bits per heavy atom. The summed E-state index contributed by atoms with van der Waals surface area (Å²) in [5.74, 6) is 5.88. The number of nitrogens with two attached hydrogens (primary N) is 1. The second-order valence-electron chi connectivity index (χ2n) is 3.08. The van der Waals surface area contributed by atoms with Gasteiger partial charge in [-0.05, 0) is 6.42 Å². The molecule has 0 aliphatic rings. The highest BCUT2D eigenvalue weighted by molar-refractivity contribution is 5.79. The third kappa shape index (κ3) is 4.46. The van der Waals surface area contributed by atoms with E-state index in [9.17, 15) is 0 Å². The largest absolute Gasteiger partial charge is 0.364 e. The molecule has 0 aliphatic carbocycles. The van der Waals surface area contributed by atoms with Gasteiger partial charge in [0.2, 0.25) is 5.96 Å². The van der Waals surface area contributed by atoms with E-state index in [4.69, 9.17) is 5.84 Å². The number of rotatable bonds is 5. The Labute approximate surface area is 88.9 Å². The van der Waals surface area contributed by atoms with Crippen molar-refractivity contribution in [3.63, 3.8) is 0 Å². The highest BCUT2D eigenvalue weighted by Gasteiger charge is 1.97. The number of hydrogen-bond donors (Lipinski definition) is 3. The molecule has 1 aromatic heterocycles. The van der Waals surface area contributed by atoms with Crippen molar-refractivity contribution in [3.8, 4) is 0 Å². The molecule has 0 saturated heterocycles. The van der Waals surface area contributed by atoms with Crippen LogP contribution >= 0.6 is 0 Å². The quantitative estimate of drug-likeness (QED) is 0.215. The van der Waals surface area contributed by atoms with Crippen molar-refractivity contribution in [2.45, 2.75) is 26.3 Å². The molecule has 1 aromatic rings. The zero-order valence-corrected chi connectivity index (χ0v) is 8.86. The van der Waals surface area contributed by atoms with Crippen molar-refractivity contribution in [3.05, 3.63) is 18.0 Å². The molecule has 0 aliphatic heterocycles. The molecule has 0 amide bonds. The first-order valence-electron chi connectivity index (χ1n) is 5.01. The number of hydrazine groups is 1. The van der Waals surface area contributed by atoms with Gasteiger partial charge in [-0.1, -0.05) is 18.5 Å². The van der Waals surface area contributed by atoms with Gasteiger partial charge in [0.15, 0.2) is 0 Å². The maximum Gasteiger partial charge on any atom is 0.206 e. The molecular formula is C9H17N5O. The van der Waals surface area contributed by atoms with E-state index < -0.39 is 0 Å². The highest BCUT2D eigenvalue weighted by atomic mass is 16.5. The van der Waals surface area contributed by atoms with E-state index >= 15 is 0 Å². The van der Waals surface area contributed by atoms with Crippen molar-refractivity contribution in [1.82, 2.24) is 15.9 Å². The fourth-order valence-corrected chi connectivity index (χ4v) is 1.02. The fourth-order valence-electron chi connectivity index (χ4n) is 1.02. The van der Waals surface area contributed by atoms with Crippen molar-refractivity contribution in [2.24, 2.45) is 10.8 Å². The first-order chi connectivity index (χ1) is 7.36. The molecule has 6 nitrogen and oxygen atoms in total. The van der Waals surface area contributed by atoms with Gasteiger partial charge >= 0.3 is 0 Å². The molecule has 1 heterocycles. The van der Waals surface area contributed by atoms with Crippen LogP contribution in [0.3, 0.4) is 0 Å². The second-order valence-corrected chi connectivity index (χ2v) is 3.08. The number of guanidine groups is 1. The summed E-state index contributed by atoms with van der Waals surface area (Å²) in [4.78, 5) is 4.20. The lowest BCUT2D eigenvalue weighted by molar-refractivity contribution is 0.412. The Morgan fingerprint density at radius 3 is 3.13 bits per heavy atom. The molecular weight excluding hydrogens is 194 g/mol. The van der Waals surface area contributed by atoms with E-state index in [0.29, 0.717) is 12.5 Å². The number of aromatic nitrogens is 1. The molecule has 4 N–H and O–H groups in total. The van der Waals surface area contributed by atoms with Crippen LogP contribution in [-0.4, -0.2) is 17.7 Å². The predicted octanol–water partition coefficient (Wildman–Crippen LogP) is 0.384. The van der Waals surface area contributed by atoms with Crippen molar-refractivity contribution >= 4 is 5.96 Å². The number of aliphatic imine (C=N–C) groups is 1. The van der Waals surface area contributed by atoms with E-state index in [-0.39, 0.29) is 0 Å². The van der Waals surface area contributed by atoms with Gasteiger partial charge in [0.1, 0.15) is 12.0 Å². The summed E-state index contributed by atoms with van der Waals surface area (Å²) >= 11 is 0. The van der Waals surface area contributed by atoms with Gasteiger partial charge in [0.05, 0.1) is 6.54 Å². The summed E-state index contributed by atoms with van der Waals surface area (Å²) in [6.07, 6.45) is 3.74. The Hall–Kier alpha value is -1.56. The average molecular weight is 211 g/mol. The summed E-state index contributed by atoms with van der Waals surface area (Å²) in [6.45, 7) is 3.44. The minimum atomic E-state index is 0.454. The van der Waals surface area contributed by atoms with Crippen LogP contribution in [0.4, 0.5) is 0 Å². The molecule has 1 rings (SSSR count). The van der Waals surface area contributed by atoms with Crippen molar-refractivity contribution in [2.75, 3.05) is 6.54 Å². The molecule has 0 spiro atoms. The minimum Gasteiger partial charge on any atom is -0.364 e. The topological polar surface area (TPSA) is 88.5 Å². The summed E-state index contributed by atoms with van der Waals surface area (Å²) < 4.78 is 4.69. The van der Waals surface area contributed by atoms with Gasteiger partial charge in [-0.3, -0.25) is 5.43 Å². The van der Waals surface area contributed by atoms with Gasteiger partial charge in [-0.2, -0.15) is 0 Å². The van der Waals surface area contributed by atoms with Crippen LogP contribution in [0.2, 0.25) is 0 Å². The SMILES string of the molecule is CCCCNC(=NCc1ccon1)NN. The van der Waals surface area contributed by atoms with E-state index in [1.54, 1.807) is 6.07 Å². The summed E-state index contributed by atoms with van der Waals surface area (Å²) in [7, 11) is 0. The third-order valence-electron chi connectivity index (χ3n) is 1.85. The van der Waals surface area contributed by atoms with Crippen molar-refractivity contribution in [1.29, 1.82) is 0 Å². The lowest BCUT2D eigenvalue weighted by atomic mass is 10.3. The zero-order valence-electron chi connectivity index (χ0n) is 8.86. The van der Waals surface area contributed by atoms with Gasteiger partial charge in [0, 0.05) is 12.6 Å². The number of nitrogens with zero attached hydrogens (tertiary/aromatic N) is 2. The third-order valence-corrected chi connectivity index (χ3v) is 1.85. The predicted molar refractivity (Wildman–Crippen MR) is 57.9 cm³/mol. The van der Waals surface area contributed by atoms with Crippen LogP contribution in [0.25, 0.3) is 0 Å². The first-order valence-corrected chi connectivity index (χ1v) is 5.01. The van der Waals surface area contributed by atoms with E-state index in [0.717, 1.165) is 25.1 Å². The van der Waals surface area contributed by atoms with Gasteiger partial charge in [-0.15, -0.1) is 0 Å². The van der Waals surface area contributed by atoms with Crippen LogP contribution in [0.15, 0.2) is 21.8 Å². The number of unbranched alkanes of at least 4 members (excludes halogenated alkanes) is 1. The molecule has 0 aromatic carbocycles. The minimum absolute atomic E-state index is 0.454. The summed E-state index contributed by atoms with van der Waals surface area (Å²) in [6, 6.07) is 1.77. The number of hydrogen-bond acceptors (Lipinski definition) is 4. The van der Waals surface area contributed by atoms with Crippen molar-refractivity contribution < 1.29 is 4.52 Å². The molecule has 15 heavy (non-hydrogen) atoms. The van der Waals surface area contributed by atoms with E-state index in [2.05, 4.69) is 32.3 Å². The maximum absolute atomic E-state index is 5.31. The summed E-state index contributed by atoms with van der Waals surface area (Å²) in [5, 5.41) is 6.83. The zero-order chi connectivity index (χ0) is 10.9. The summed E-state index contributed by atoms with van der Waals surface area (Å²) in [5.41, 5.74) is 3.28. The van der Waals surface area contributed by atoms with E-state index in [1.165, 1.54) is 6.26 Å². The Kier molecular flexibility index (Phi) is 5.24. The number of nitrogens with one attached hydrogen (secondary N) is 2. The van der Waals surface area contributed by atoms with Gasteiger partial charge in [-0.25, -0.2) is 10.8 Å². The molecule has 0 unspecified atom stereocenters. The van der Waals surface area contributed by atoms with Gasteiger partial charge in [0.25, 0.3) is 0 Å². The van der Waals surface area contributed by atoms with Crippen LogP contribution < -0.4 is 16.6 Å². The molecule has 0 fully saturated rings. The monoisotopic (exact) mass is 211 g/mol. The van der Waals surface area contributed by atoms with Crippen LogP contribution in [0.5, 0.6) is 0 Å². The van der Waals surface area contributed by atoms with Crippen LogP contribution in [0.1, 0.15) is 25.5 Å². The molecule has 0 radical (unpaired) electrons. The van der Waals surface area contributed by atoms with Gasteiger partial charge < -0.3 is 9.84 Å². The first kappa shape index (κ1) is 11.5. The molecule has 0 bridgehead atoms. The Bertz CT molecular complexity index is 283. The average Bonchev–Trinajstić information content (AvgIpc) is 2.76.